The minimum absolute atomic E-state index is 0. The second-order valence-corrected chi connectivity index (χ2v) is 0.250. The molecule has 3 radical (unpaired) electrons. The van der Waals surface area contributed by atoms with Gasteiger partial charge in [-0.1, -0.05) is 0 Å². The summed E-state index contributed by atoms with van der Waals surface area (Å²) in [5, 5.41) is 16.7. The Hall–Kier alpha value is -0.276. The molecular formula is CNNiO3. The van der Waals surface area contributed by atoms with Gasteiger partial charge in [0.05, 0.1) is 0 Å². The molecule has 5 heteroatoms. The Morgan fingerprint density at radius 3 is 1.33 bits per heavy atom. The molecule has 0 unspecified atom stereocenters. The standard InChI is InChI=1S/CH2O3.N.Ni/c2-1(3)4;;/h(H2,2,3,4);;/q;;+2/p-2. The van der Waals surface area contributed by atoms with Crippen molar-refractivity contribution < 1.29 is 31.5 Å². The summed E-state index contributed by atoms with van der Waals surface area (Å²) in [5.74, 6) is 0. The van der Waals surface area contributed by atoms with Gasteiger partial charge in [0, 0.05) is 6.15 Å². The molecular weight excluding hydrogens is 133 g/mol. The second kappa shape index (κ2) is 8.83. The maximum Gasteiger partial charge on any atom is 2.00 e. The van der Waals surface area contributed by atoms with Gasteiger partial charge < -0.3 is 15.0 Å². The first-order valence-electron chi connectivity index (χ1n) is 0.612. The van der Waals surface area contributed by atoms with Crippen molar-refractivity contribution in [1.82, 2.24) is 6.15 Å². The zero-order valence-corrected chi connectivity index (χ0v) is 3.48. The summed E-state index contributed by atoms with van der Waals surface area (Å²) in [4.78, 5) is 8.33. The van der Waals surface area contributed by atoms with E-state index in [1.165, 1.54) is 0 Å². The molecule has 0 heterocycles. The fourth-order valence-corrected chi connectivity index (χ4v) is 0. The summed E-state index contributed by atoms with van der Waals surface area (Å²) in [6.45, 7) is 0. The molecule has 4 nitrogen and oxygen atoms in total. The van der Waals surface area contributed by atoms with Crippen LogP contribution in [0.5, 0.6) is 0 Å². The molecule has 0 aromatic carbocycles. The number of nitrogens with zero attached hydrogens (tertiary/aromatic N) is 1. The summed E-state index contributed by atoms with van der Waals surface area (Å²) in [6.07, 6.45) is -2.33. The molecule has 0 aliphatic heterocycles. The van der Waals surface area contributed by atoms with Crippen molar-refractivity contribution in [2.24, 2.45) is 0 Å². The van der Waals surface area contributed by atoms with E-state index < -0.39 is 6.16 Å². The van der Waals surface area contributed by atoms with Gasteiger partial charge in [0.25, 0.3) is 0 Å². The SMILES string of the molecule is O=C([O-])[O-].[N].[Ni+2]. The quantitative estimate of drug-likeness (QED) is 0.331. The Kier molecular flexibility index (Phi) is 25.3. The molecule has 0 aliphatic rings. The van der Waals surface area contributed by atoms with Crippen LogP contribution in [0.25, 0.3) is 0 Å². The van der Waals surface area contributed by atoms with Crippen molar-refractivity contribution in [3.63, 3.8) is 0 Å². The van der Waals surface area contributed by atoms with Gasteiger partial charge in [0.1, 0.15) is 0 Å². The van der Waals surface area contributed by atoms with Crippen molar-refractivity contribution >= 4 is 6.16 Å². The molecule has 0 saturated carbocycles. The van der Waals surface area contributed by atoms with Crippen molar-refractivity contribution in [2.45, 2.75) is 0 Å². The Morgan fingerprint density at radius 2 is 1.33 bits per heavy atom. The van der Waals surface area contributed by atoms with Gasteiger partial charge in [-0.15, -0.1) is 0 Å². The first-order valence-corrected chi connectivity index (χ1v) is 0.612. The third-order valence-corrected chi connectivity index (χ3v) is 0. The van der Waals surface area contributed by atoms with Crippen molar-refractivity contribution in [3.05, 3.63) is 0 Å². The minimum atomic E-state index is -2.33. The minimum Gasteiger partial charge on any atom is -0.652 e. The molecule has 0 aromatic rings. The van der Waals surface area contributed by atoms with Crippen LogP contribution < -0.4 is 16.4 Å². The molecule has 0 aliphatic carbocycles. The van der Waals surface area contributed by atoms with E-state index in [0.717, 1.165) is 0 Å². The Morgan fingerprint density at radius 1 is 1.33 bits per heavy atom. The van der Waals surface area contributed by atoms with Gasteiger partial charge >= 0.3 is 16.5 Å². The monoisotopic (exact) mass is 132 g/mol. The number of hydrogen-bond acceptors (Lipinski definition) is 3. The van der Waals surface area contributed by atoms with Gasteiger partial charge in [-0.3, -0.25) is 0 Å². The first-order chi connectivity index (χ1) is 1.73. The van der Waals surface area contributed by atoms with E-state index in [0.29, 0.717) is 0 Å². The van der Waals surface area contributed by atoms with E-state index in [1.54, 1.807) is 0 Å². The molecule has 37 valence electrons. The summed E-state index contributed by atoms with van der Waals surface area (Å²) >= 11 is 0. The topological polar surface area (TPSA) is 93.7 Å². The van der Waals surface area contributed by atoms with Gasteiger partial charge in [0.15, 0.2) is 0 Å². The number of hydrogen-bond donors (Lipinski definition) is 0. The van der Waals surface area contributed by atoms with Crippen LogP contribution in [0.15, 0.2) is 0 Å². The summed E-state index contributed by atoms with van der Waals surface area (Å²) in [5.41, 5.74) is 0. The van der Waals surface area contributed by atoms with Crippen molar-refractivity contribution in [1.29, 1.82) is 0 Å². The maximum atomic E-state index is 8.33. The van der Waals surface area contributed by atoms with Crippen LogP contribution in [0.3, 0.4) is 0 Å². The Bertz CT molecular complexity index is 33.8. The van der Waals surface area contributed by atoms with E-state index in [9.17, 15) is 0 Å². The molecule has 0 rings (SSSR count). The fourth-order valence-electron chi connectivity index (χ4n) is 0. The van der Waals surface area contributed by atoms with Crippen LogP contribution in [0.1, 0.15) is 0 Å². The number of carboxylic acid groups (broad SMARTS) is 2. The molecule has 0 aromatic heterocycles. The molecule has 0 fully saturated rings. The Labute approximate surface area is 44.7 Å². The molecule has 0 atom stereocenters. The fraction of sp³-hybridized carbons (Fsp3) is 0. The predicted molar refractivity (Wildman–Crippen MR) is 7.53 cm³/mol. The second-order valence-electron chi connectivity index (χ2n) is 0.250. The third kappa shape index (κ3) is 361. The van der Waals surface area contributed by atoms with Gasteiger partial charge in [-0.05, 0) is 6.16 Å². The van der Waals surface area contributed by atoms with E-state index in [4.69, 9.17) is 15.0 Å². The zero-order valence-electron chi connectivity index (χ0n) is 2.49. The van der Waals surface area contributed by atoms with Gasteiger partial charge in [0.2, 0.25) is 0 Å². The predicted octanol–water partition coefficient (Wildman–Crippen LogP) is -2.93. The molecule has 0 saturated heterocycles. The number of carbonyl (C=O) groups is 1. The Balaban J connectivity index is -0.0000000450. The zero-order chi connectivity index (χ0) is 3.58. The first kappa shape index (κ1) is 17.2. The van der Waals surface area contributed by atoms with E-state index in [2.05, 4.69) is 0 Å². The van der Waals surface area contributed by atoms with Crippen LogP contribution in [0.4, 0.5) is 4.79 Å². The van der Waals surface area contributed by atoms with Crippen LogP contribution in [-0.4, -0.2) is 6.16 Å². The van der Waals surface area contributed by atoms with E-state index >= 15 is 0 Å². The normalized spacial score (nSPS) is 4.00. The average Bonchev–Trinajstić information content (AvgIpc) is 0.811. The van der Waals surface area contributed by atoms with Crippen molar-refractivity contribution in [2.75, 3.05) is 0 Å². The summed E-state index contributed by atoms with van der Waals surface area (Å²) in [7, 11) is 0. The van der Waals surface area contributed by atoms with E-state index in [-0.39, 0.29) is 22.6 Å². The molecule has 0 bridgehead atoms. The smallest absolute Gasteiger partial charge is 0.652 e. The third-order valence-electron chi connectivity index (χ3n) is 0. The maximum absolute atomic E-state index is 8.33. The van der Waals surface area contributed by atoms with Gasteiger partial charge in [-0.2, -0.15) is 0 Å². The van der Waals surface area contributed by atoms with Crippen LogP contribution >= 0.6 is 0 Å². The summed E-state index contributed by atoms with van der Waals surface area (Å²) in [6, 6.07) is 0. The van der Waals surface area contributed by atoms with Crippen LogP contribution in [0.2, 0.25) is 0 Å². The van der Waals surface area contributed by atoms with E-state index in [1.807, 2.05) is 0 Å². The molecule has 0 N–H and O–H groups in total. The molecule has 0 spiro atoms. The molecule has 0 amide bonds. The van der Waals surface area contributed by atoms with Crippen molar-refractivity contribution in [3.8, 4) is 0 Å². The number of carbonyl (C=O) groups excluding carboxylic acids is 1. The largest absolute Gasteiger partial charge is 2.00 e. The average molecular weight is 133 g/mol. The summed E-state index contributed by atoms with van der Waals surface area (Å²) < 4.78 is 0. The van der Waals surface area contributed by atoms with Crippen LogP contribution in [0, 0.1) is 0 Å². The van der Waals surface area contributed by atoms with Gasteiger partial charge in [-0.25, -0.2) is 0 Å². The molecule has 6 heavy (non-hydrogen) atoms. The van der Waals surface area contributed by atoms with Crippen LogP contribution in [-0.2, 0) is 16.5 Å². The number of rotatable bonds is 0.